The van der Waals surface area contributed by atoms with Gasteiger partial charge < -0.3 is 20.8 Å². The minimum absolute atomic E-state index is 0.0215. The quantitative estimate of drug-likeness (QED) is 0.590. The highest BCUT2D eigenvalue weighted by Gasteiger charge is 2.36. The molecule has 4 N–H and O–H groups in total. The third-order valence-electron chi connectivity index (χ3n) is 3.54. The van der Waals surface area contributed by atoms with Crippen molar-refractivity contribution in [1.29, 1.82) is 0 Å². The molecule has 0 bridgehead atoms. The predicted octanol–water partition coefficient (Wildman–Crippen LogP) is 0.792. The van der Waals surface area contributed by atoms with E-state index < -0.39 is 30.4 Å². The Kier molecular flexibility index (Phi) is 4.74. The van der Waals surface area contributed by atoms with E-state index in [2.05, 4.69) is 10.6 Å². The average molecular weight is 272 g/mol. The Labute approximate surface area is 111 Å². The van der Waals surface area contributed by atoms with Gasteiger partial charge in [-0.25, -0.2) is 9.59 Å². The summed E-state index contributed by atoms with van der Waals surface area (Å²) in [6.45, 7) is 4.08. The number of carbonyl (C=O) groups excluding carboxylic acids is 1. The molecule has 0 radical (unpaired) electrons. The lowest BCUT2D eigenvalue weighted by molar-refractivity contribution is -0.145. The molecule has 7 nitrogen and oxygen atoms in total. The molecule has 1 unspecified atom stereocenters. The number of hydrogen-bond donors (Lipinski definition) is 4. The lowest BCUT2D eigenvalue weighted by Crippen LogP contribution is -2.51. The van der Waals surface area contributed by atoms with Crippen LogP contribution in [0.15, 0.2) is 0 Å². The number of carboxylic acids is 2. The Morgan fingerprint density at radius 1 is 1.32 bits per heavy atom. The van der Waals surface area contributed by atoms with Gasteiger partial charge in [0.15, 0.2) is 0 Å². The van der Waals surface area contributed by atoms with Crippen LogP contribution in [-0.4, -0.2) is 40.3 Å². The number of urea groups is 1. The van der Waals surface area contributed by atoms with Crippen LogP contribution in [0.2, 0.25) is 0 Å². The summed E-state index contributed by atoms with van der Waals surface area (Å²) in [5, 5.41) is 22.3. The maximum absolute atomic E-state index is 11.7. The molecule has 19 heavy (non-hydrogen) atoms. The van der Waals surface area contributed by atoms with Crippen LogP contribution in [0.1, 0.15) is 39.5 Å². The summed E-state index contributed by atoms with van der Waals surface area (Å²) in [5.41, 5.74) is -0.0249. The van der Waals surface area contributed by atoms with Crippen molar-refractivity contribution in [2.24, 2.45) is 5.41 Å². The van der Waals surface area contributed by atoms with E-state index in [-0.39, 0.29) is 11.5 Å². The van der Waals surface area contributed by atoms with E-state index in [0.29, 0.717) is 0 Å². The summed E-state index contributed by atoms with van der Waals surface area (Å²) in [7, 11) is 0. The maximum atomic E-state index is 11.7. The van der Waals surface area contributed by atoms with Crippen LogP contribution in [0.25, 0.3) is 0 Å². The summed E-state index contributed by atoms with van der Waals surface area (Å²) >= 11 is 0. The van der Waals surface area contributed by atoms with Gasteiger partial charge in [0.25, 0.3) is 0 Å². The predicted molar refractivity (Wildman–Crippen MR) is 66.8 cm³/mol. The molecular formula is C12H20N2O5. The van der Waals surface area contributed by atoms with Crippen LogP contribution in [0.5, 0.6) is 0 Å². The van der Waals surface area contributed by atoms with Gasteiger partial charge in [0.2, 0.25) is 0 Å². The van der Waals surface area contributed by atoms with Crippen LogP contribution in [-0.2, 0) is 9.59 Å². The molecule has 1 rings (SSSR count). The summed E-state index contributed by atoms with van der Waals surface area (Å²) in [5.74, 6) is -2.63. The zero-order valence-corrected chi connectivity index (χ0v) is 11.1. The fraction of sp³-hybridized carbons (Fsp3) is 0.750. The third kappa shape index (κ3) is 4.42. The van der Waals surface area contributed by atoms with Gasteiger partial charge in [-0.15, -0.1) is 0 Å². The number of rotatable bonds is 5. The molecule has 1 aliphatic carbocycles. The van der Waals surface area contributed by atoms with Crippen molar-refractivity contribution in [3.05, 3.63) is 0 Å². The topological polar surface area (TPSA) is 116 Å². The molecule has 0 saturated heterocycles. The van der Waals surface area contributed by atoms with E-state index in [9.17, 15) is 14.4 Å². The highest BCUT2D eigenvalue weighted by molar-refractivity contribution is 5.86. The number of nitrogens with one attached hydrogen (secondary N) is 2. The fourth-order valence-corrected chi connectivity index (χ4v) is 2.33. The first kappa shape index (κ1) is 15.3. The summed E-state index contributed by atoms with van der Waals surface area (Å²) in [6, 6.07) is -2.07. The smallest absolute Gasteiger partial charge is 0.326 e. The standard InChI is InChI=1S/C12H20N2O5/c1-12(2)5-3-4-8(12)14-11(19)13-7(10(17)18)6-9(15)16/h7-8H,3-6H2,1-2H3,(H,15,16)(H,17,18)(H2,13,14,19)/t7-,8?/m0/s1. The Morgan fingerprint density at radius 2 is 1.95 bits per heavy atom. The number of carboxylic acid groups (broad SMARTS) is 2. The molecule has 1 fully saturated rings. The van der Waals surface area contributed by atoms with Crippen molar-refractivity contribution in [2.45, 2.75) is 51.6 Å². The van der Waals surface area contributed by atoms with Crippen LogP contribution in [0.3, 0.4) is 0 Å². The Morgan fingerprint density at radius 3 is 2.37 bits per heavy atom. The van der Waals surface area contributed by atoms with E-state index >= 15 is 0 Å². The van der Waals surface area contributed by atoms with Crippen LogP contribution >= 0.6 is 0 Å². The average Bonchev–Trinajstić information content (AvgIpc) is 2.56. The van der Waals surface area contributed by atoms with Gasteiger partial charge in [-0.3, -0.25) is 4.79 Å². The second-order valence-electron chi connectivity index (χ2n) is 5.54. The molecule has 0 aromatic carbocycles. The normalized spacial score (nSPS) is 22.5. The first-order chi connectivity index (χ1) is 8.72. The van der Waals surface area contributed by atoms with Crippen LogP contribution < -0.4 is 10.6 Å². The molecule has 0 heterocycles. The van der Waals surface area contributed by atoms with E-state index in [4.69, 9.17) is 10.2 Å². The van der Waals surface area contributed by atoms with Crippen LogP contribution in [0, 0.1) is 5.41 Å². The lowest BCUT2D eigenvalue weighted by Gasteiger charge is -2.28. The number of aliphatic carboxylic acids is 2. The molecule has 0 aromatic rings. The van der Waals surface area contributed by atoms with Gasteiger partial charge in [-0.2, -0.15) is 0 Å². The Hall–Kier alpha value is -1.79. The molecule has 2 amide bonds. The van der Waals surface area contributed by atoms with E-state index in [1.807, 2.05) is 13.8 Å². The van der Waals surface area contributed by atoms with Crippen molar-refractivity contribution < 1.29 is 24.6 Å². The molecule has 0 spiro atoms. The largest absolute Gasteiger partial charge is 0.481 e. The van der Waals surface area contributed by atoms with E-state index in [0.717, 1.165) is 19.3 Å². The second kappa shape index (κ2) is 5.90. The van der Waals surface area contributed by atoms with Gasteiger partial charge in [0.1, 0.15) is 6.04 Å². The zero-order chi connectivity index (χ0) is 14.6. The van der Waals surface area contributed by atoms with E-state index in [1.165, 1.54) is 0 Å². The van der Waals surface area contributed by atoms with Gasteiger partial charge in [0, 0.05) is 6.04 Å². The molecule has 7 heteroatoms. The minimum Gasteiger partial charge on any atom is -0.481 e. The molecule has 108 valence electrons. The first-order valence-electron chi connectivity index (χ1n) is 6.24. The van der Waals surface area contributed by atoms with Gasteiger partial charge >= 0.3 is 18.0 Å². The van der Waals surface area contributed by atoms with Crippen molar-refractivity contribution >= 4 is 18.0 Å². The molecule has 0 aromatic heterocycles. The summed E-state index contributed by atoms with van der Waals surface area (Å²) in [4.78, 5) is 33.0. The Bertz CT molecular complexity index is 380. The highest BCUT2D eigenvalue weighted by atomic mass is 16.4. The lowest BCUT2D eigenvalue weighted by atomic mass is 9.87. The zero-order valence-electron chi connectivity index (χ0n) is 11.1. The fourth-order valence-electron chi connectivity index (χ4n) is 2.33. The Balaban J connectivity index is 2.53. The second-order valence-corrected chi connectivity index (χ2v) is 5.54. The van der Waals surface area contributed by atoms with Gasteiger partial charge in [-0.05, 0) is 18.3 Å². The molecular weight excluding hydrogens is 252 g/mol. The van der Waals surface area contributed by atoms with Gasteiger partial charge in [0.05, 0.1) is 6.42 Å². The summed E-state index contributed by atoms with van der Waals surface area (Å²) < 4.78 is 0. The van der Waals surface area contributed by atoms with Gasteiger partial charge in [-0.1, -0.05) is 20.3 Å². The maximum Gasteiger partial charge on any atom is 0.326 e. The molecule has 0 aliphatic heterocycles. The van der Waals surface area contributed by atoms with Crippen LogP contribution in [0.4, 0.5) is 4.79 Å². The molecule has 1 aliphatic rings. The third-order valence-corrected chi connectivity index (χ3v) is 3.54. The van der Waals surface area contributed by atoms with Crippen molar-refractivity contribution in [1.82, 2.24) is 10.6 Å². The monoisotopic (exact) mass is 272 g/mol. The van der Waals surface area contributed by atoms with E-state index in [1.54, 1.807) is 0 Å². The molecule has 1 saturated carbocycles. The van der Waals surface area contributed by atoms with Crippen molar-refractivity contribution in [3.63, 3.8) is 0 Å². The summed E-state index contributed by atoms with van der Waals surface area (Å²) in [6.07, 6.45) is 2.21. The number of hydrogen-bond acceptors (Lipinski definition) is 3. The van der Waals surface area contributed by atoms with Crippen molar-refractivity contribution in [3.8, 4) is 0 Å². The van der Waals surface area contributed by atoms with Crippen molar-refractivity contribution in [2.75, 3.05) is 0 Å². The minimum atomic E-state index is -1.41. The molecule has 2 atom stereocenters. The number of amides is 2. The highest BCUT2D eigenvalue weighted by Crippen LogP contribution is 2.37. The first-order valence-corrected chi connectivity index (χ1v) is 6.24. The SMILES string of the molecule is CC1(C)CCCC1NC(=O)N[C@@H](CC(=O)O)C(=O)O. The number of carbonyl (C=O) groups is 3.